The number of rotatable bonds is 2. The Morgan fingerprint density at radius 2 is 2.22 bits per heavy atom. The largest absolute Gasteiger partial charge is 0.313 e. The Bertz CT molecular complexity index is 438. The molecule has 0 aromatic heterocycles. The van der Waals surface area contributed by atoms with E-state index in [4.69, 9.17) is 0 Å². The molecule has 4 nitrogen and oxygen atoms in total. The smallest absolute Gasteiger partial charge is 0.245 e. The number of nitrogens with zero attached hydrogens (tertiary/aromatic N) is 2. The lowest BCUT2D eigenvalue weighted by molar-refractivity contribution is -0.123. The van der Waals surface area contributed by atoms with E-state index in [0.717, 1.165) is 13.1 Å². The van der Waals surface area contributed by atoms with Crippen molar-refractivity contribution in [2.45, 2.75) is 6.04 Å². The number of piperazine rings is 1. The Morgan fingerprint density at radius 1 is 1.50 bits per heavy atom. The molecule has 5 heteroatoms. The van der Waals surface area contributed by atoms with Gasteiger partial charge in [-0.3, -0.25) is 9.69 Å². The maximum absolute atomic E-state index is 13.6. The summed E-state index contributed by atoms with van der Waals surface area (Å²) in [6.45, 7) is 2.30. The van der Waals surface area contributed by atoms with Crippen molar-refractivity contribution in [2.75, 3.05) is 38.6 Å². The molecule has 98 valence electrons. The van der Waals surface area contributed by atoms with Crippen LogP contribution in [0.3, 0.4) is 0 Å². The van der Waals surface area contributed by atoms with Gasteiger partial charge in [-0.25, -0.2) is 4.39 Å². The molecular weight excluding hydrogens is 233 g/mol. The summed E-state index contributed by atoms with van der Waals surface area (Å²) in [5.74, 6) is -0.463. The van der Waals surface area contributed by atoms with Gasteiger partial charge in [-0.1, -0.05) is 12.1 Å². The van der Waals surface area contributed by atoms with Crippen LogP contribution >= 0.6 is 0 Å². The first-order valence-corrected chi connectivity index (χ1v) is 6.04. The Kier molecular flexibility index (Phi) is 3.93. The van der Waals surface area contributed by atoms with Crippen molar-refractivity contribution in [3.8, 4) is 0 Å². The molecule has 1 atom stereocenters. The van der Waals surface area contributed by atoms with Gasteiger partial charge in [0.25, 0.3) is 0 Å². The maximum atomic E-state index is 13.6. The standard InChI is InChI=1S/C13H18FN3O/c1-16-8-7-15-9-12(16)13(18)17(2)11-6-4-3-5-10(11)14/h3-6,12,15H,7-9H2,1-2H3. The minimum Gasteiger partial charge on any atom is -0.313 e. The lowest BCUT2D eigenvalue weighted by Gasteiger charge is -2.34. The molecule has 1 unspecified atom stereocenters. The van der Waals surface area contributed by atoms with E-state index in [-0.39, 0.29) is 17.8 Å². The fourth-order valence-electron chi connectivity index (χ4n) is 2.15. The number of amides is 1. The van der Waals surface area contributed by atoms with Crippen molar-refractivity contribution < 1.29 is 9.18 Å². The van der Waals surface area contributed by atoms with E-state index >= 15 is 0 Å². The van der Waals surface area contributed by atoms with Gasteiger partial charge in [0.05, 0.1) is 5.69 Å². The third-order valence-corrected chi connectivity index (χ3v) is 3.34. The summed E-state index contributed by atoms with van der Waals surface area (Å²) < 4.78 is 13.6. The van der Waals surface area contributed by atoms with Gasteiger partial charge < -0.3 is 10.2 Å². The summed E-state index contributed by atoms with van der Waals surface area (Å²) in [6.07, 6.45) is 0. The maximum Gasteiger partial charge on any atom is 0.245 e. The first-order valence-electron chi connectivity index (χ1n) is 6.04. The predicted octanol–water partition coefficient (Wildman–Crippen LogP) is 0.692. The highest BCUT2D eigenvalue weighted by atomic mass is 19.1. The lowest BCUT2D eigenvalue weighted by Crippen LogP contribution is -2.56. The molecule has 2 rings (SSSR count). The van der Waals surface area contributed by atoms with E-state index in [0.29, 0.717) is 12.2 Å². The van der Waals surface area contributed by atoms with Crippen LogP contribution in [-0.4, -0.2) is 50.6 Å². The Labute approximate surface area is 106 Å². The molecule has 1 heterocycles. The number of anilines is 1. The van der Waals surface area contributed by atoms with E-state index in [1.54, 1.807) is 25.2 Å². The fraction of sp³-hybridized carbons (Fsp3) is 0.462. The second-order valence-corrected chi connectivity index (χ2v) is 4.55. The van der Waals surface area contributed by atoms with Gasteiger partial charge in [0.15, 0.2) is 0 Å². The van der Waals surface area contributed by atoms with Gasteiger partial charge in [-0.05, 0) is 19.2 Å². The number of nitrogens with one attached hydrogen (secondary N) is 1. The summed E-state index contributed by atoms with van der Waals surface area (Å²) >= 11 is 0. The van der Waals surface area contributed by atoms with Crippen LogP contribution < -0.4 is 10.2 Å². The van der Waals surface area contributed by atoms with Crippen molar-refractivity contribution in [1.82, 2.24) is 10.2 Å². The number of halogens is 1. The number of carbonyl (C=O) groups is 1. The van der Waals surface area contributed by atoms with Gasteiger partial charge in [0, 0.05) is 26.7 Å². The summed E-state index contributed by atoms with van der Waals surface area (Å²) in [6, 6.07) is 6.09. The van der Waals surface area contributed by atoms with Crippen LogP contribution in [0, 0.1) is 5.82 Å². The molecule has 1 aromatic rings. The highest BCUT2D eigenvalue weighted by molar-refractivity contribution is 5.97. The second kappa shape index (κ2) is 5.46. The number of para-hydroxylation sites is 1. The quantitative estimate of drug-likeness (QED) is 0.840. The molecular formula is C13H18FN3O. The zero-order chi connectivity index (χ0) is 13.1. The number of carbonyl (C=O) groups excluding carboxylic acids is 1. The average molecular weight is 251 g/mol. The minimum absolute atomic E-state index is 0.0881. The Morgan fingerprint density at radius 3 is 2.89 bits per heavy atom. The topological polar surface area (TPSA) is 35.6 Å². The molecule has 1 amide bonds. The number of hydrogen-bond donors (Lipinski definition) is 1. The van der Waals surface area contributed by atoms with Crippen LogP contribution in [0.25, 0.3) is 0 Å². The van der Waals surface area contributed by atoms with Gasteiger partial charge in [0.1, 0.15) is 11.9 Å². The van der Waals surface area contributed by atoms with E-state index < -0.39 is 0 Å². The van der Waals surface area contributed by atoms with Gasteiger partial charge in [-0.15, -0.1) is 0 Å². The van der Waals surface area contributed by atoms with E-state index in [2.05, 4.69) is 5.32 Å². The normalized spacial score (nSPS) is 20.7. The van der Waals surface area contributed by atoms with E-state index in [1.165, 1.54) is 11.0 Å². The van der Waals surface area contributed by atoms with Crippen LogP contribution in [0.5, 0.6) is 0 Å². The van der Waals surface area contributed by atoms with Crippen molar-refractivity contribution in [3.63, 3.8) is 0 Å². The SMILES string of the molecule is CN(C(=O)C1CNCCN1C)c1ccccc1F. The van der Waals surface area contributed by atoms with Crippen LogP contribution in [-0.2, 0) is 4.79 Å². The van der Waals surface area contributed by atoms with Crippen molar-refractivity contribution in [3.05, 3.63) is 30.1 Å². The molecule has 0 aliphatic carbocycles. The molecule has 0 spiro atoms. The summed E-state index contributed by atoms with van der Waals surface area (Å²) in [4.78, 5) is 15.7. The molecule has 1 aromatic carbocycles. The zero-order valence-corrected chi connectivity index (χ0v) is 10.7. The van der Waals surface area contributed by atoms with Crippen LogP contribution in [0.1, 0.15) is 0 Å². The van der Waals surface area contributed by atoms with Crippen molar-refractivity contribution in [1.29, 1.82) is 0 Å². The van der Waals surface area contributed by atoms with Gasteiger partial charge in [-0.2, -0.15) is 0 Å². The highest BCUT2D eigenvalue weighted by Crippen LogP contribution is 2.18. The fourth-order valence-corrected chi connectivity index (χ4v) is 2.15. The molecule has 1 fully saturated rings. The average Bonchev–Trinajstić information content (AvgIpc) is 2.38. The molecule has 0 bridgehead atoms. The predicted molar refractivity (Wildman–Crippen MR) is 69.1 cm³/mol. The summed E-state index contributed by atoms with van der Waals surface area (Å²) in [5, 5.41) is 3.18. The molecule has 18 heavy (non-hydrogen) atoms. The molecule has 1 aliphatic rings. The van der Waals surface area contributed by atoms with Gasteiger partial charge >= 0.3 is 0 Å². The molecule has 0 saturated carbocycles. The monoisotopic (exact) mass is 251 g/mol. The second-order valence-electron chi connectivity index (χ2n) is 4.55. The van der Waals surface area contributed by atoms with E-state index in [9.17, 15) is 9.18 Å². The third kappa shape index (κ3) is 2.52. The first kappa shape index (κ1) is 13.0. The lowest BCUT2D eigenvalue weighted by atomic mass is 10.1. The molecule has 1 saturated heterocycles. The van der Waals surface area contributed by atoms with Crippen LogP contribution in [0.15, 0.2) is 24.3 Å². The number of hydrogen-bond acceptors (Lipinski definition) is 3. The van der Waals surface area contributed by atoms with Crippen molar-refractivity contribution in [2.24, 2.45) is 0 Å². The summed E-state index contributed by atoms with van der Waals surface area (Å²) in [5.41, 5.74) is 0.321. The molecule has 1 N–H and O–H groups in total. The molecule has 1 aliphatic heterocycles. The first-order chi connectivity index (χ1) is 8.61. The van der Waals surface area contributed by atoms with E-state index in [1.807, 2.05) is 11.9 Å². The van der Waals surface area contributed by atoms with Gasteiger partial charge in [0.2, 0.25) is 5.91 Å². The van der Waals surface area contributed by atoms with Crippen molar-refractivity contribution >= 4 is 11.6 Å². The minimum atomic E-state index is -0.375. The zero-order valence-electron chi connectivity index (χ0n) is 10.7. The third-order valence-electron chi connectivity index (χ3n) is 3.34. The number of benzene rings is 1. The Balaban J connectivity index is 2.16. The highest BCUT2D eigenvalue weighted by Gasteiger charge is 2.29. The van der Waals surface area contributed by atoms with Crippen LogP contribution in [0.2, 0.25) is 0 Å². The number of likely N-dealkylation sites (N-methyl/N-ethyl adjacent to an activating group) is 2. The molecule has 0 radical (unpaired) electrons. The van der Waals surface area contributed by atoms with Crippen LogP contribution in [0.4, 0.5) is 10.1 Å². The summed E-state index contributed by atoms with van der Waals surface area (Å²) in [7, 11) is 3.53. The Hall–Kier alpha value is -1.46.